The summed E-state index contributed by atoms with van der Waals surface area (Å²) < 4.78 is 20.6. The predicted molar refractivity (Wildman–Crippen MR) is 134 cm³/mol. The van der Waals surface area contributed by atoms with Crippen LogP contribution in [0.4, 0.5) is 0 Å². The maximum atomic E-state index is 6.82. The number of hydrogen-bond acceptors (Lipinski definition) is 4. The van der Waals surface area contributed by atoms with Crippen LogP contribution in [0.25, 0.3) is 0 Å². The van der Waals surface area contributed by atoms with Crippen molar-refractivity contribution in [1.82, 2.24) is 4.98 Å². The van der Waals surface area contributed by atoms with Crippen molar-refractivity contribution in [2.45, 2.75) is 103 Å². The lowest BCUT2D eigenvalue weighted by Crippen LogP contribution is -2.48. The topological polar surface area (TPSA) is 40.6 Å². The highest BCUT2D eigenvalue weighted by molar-refractivity contribution is 9.10. The van der Waals surface area contributed by atoms with Crippen molar-refractivity contribution in [3.63, 3.8) is 0 Å². The second-order valence-corrected chi connectivity index (χ2v) is 22.1. The van der Waals surface area contributed by atoms with Gasteiger partial charge in [0.25, 0.3) is 0 Å². The Balaban J connectivity index is 2.26. The quantitative estimate of drug-likeness (QED) is 0.275. The average molecular weight is 537 g/mol. The molecule has 30 heavy (non-hydrogen) atoms. The SMILES string of the molecule is CC(C)(C)[Si](C)(C)OC[C@H]1O[C@@H](c2ccc(Br)nc2Cl)C[C@@H]1O[Si](C)(C)C(C)(C)C. The number of halogens is 2. The summed E-state index contributed by atoms with van der Waals surface area (Å²) in [5.41, 5.74) is 0.915. The van der Waals surface area contributed by atoms with E-state index >= 15 is 0 Å². The summed E-state index contributed by atoms with van der Waals surface area (Å²) in [6.07, 6.45) is 0.500. The predicted octanol–water partition coefficient (Wildman–Crippen LogP) is 7.74. The molecule has 0 saturated carbocycles. The van der Waals surface area contributed by atoms with Crippen LogP contribution >= 0.6 is 27.5 Å². The Labute approximate surface area is 198 Å². The van der Waals surface area contributed by atoms with Crippen molar-refractivity contribution >= 4 is 44.2 Å². The fraction of sp³-hybridized carbons (Fsp3) is 0.773. The Morgan fingerprint density at radius 3 is 2.13 bits per heavy atom. The van der Waals surface area contributed by atoms with Crippen LogP contribution in [0.3, 0.4) is 0 Å². The van der Waals surface area contributed by atoms with E-state index in [2.05, 4.69) is 88.6 Å². The van der Waals surface area contributed by atoms with Crippen molar-refractivity contribution in [1.29, 1.82) is 0 Å². The van der Waals surface area contributed by atoms with E-state index in [1.165, 1.54) is 0 Å². The Bertz CT molecular complexity index is 747. The lowest BCUT2D eigenvalue weighted by Gasteiger charge is -2.40. The van der Waals surface area contributed by atoms with E-state index in [4.69, 9.17) is 25.2 Å². The molecule has 0 unspecified atom stereocenters. The van der Waals surface area contributed by atoms with Gasteiger partial charge in [-0.1, -0.05) is 59.2 Å². The Kier molecular flexibility index (Phi) is 8.15. The van der Waals surface area contributed by atoms with Crippen molar-refractivity contribution in [3.05, 3.63) is 27.5 Å². The lowest BCUT2D eigenvalue weighted by atomic mass is 10.1. The van der Waals surface area contributed by atoms with Gasteiger partial charge < -0.3 is 13.6 Å². The summed E-state index contributed by atoms with van der Waals surface area (Å²) in [6.45, 7) is 23.3. The molecular formula is C22H39BrClNO3Si2. The molecule has 2 heterocycles. The zero-order valence-electron chi connectivity index (χ0n) is 20.2. The molecule has 3 atom stereocenters. The van der Waals surface area contributed by atoms with Crippen LogP contribution in [-0.2, 0) is 13.6 Å². The molecule has 1 fully saturated rings. The van der Waals surface area contributed by atoms with Crippen molar-refractivity contribution in [3.8, 4) is 0 Å². The van der Waals surface area contributed by atoms with Gasteiger partial charge in [0.05, 0.1) is 18.8 Å². The maximum absolute atomic E-state index is 6.82. The largest absolute Gasteiger partial charge is 0.414 e. The number of nitrogens with zero attached hydrogens (tertiary/aromatic N) is 1. The van der Waals surface area contributed by atoms with E-state index in [1.807, 2.05) is 12.1 Å². The van der Waals surface area contributed by atoms with Gasteiger partial charge in [0.1, 0.15) is 15.9 Å². The van der Waals surface area contributed by atoms with E-state index in [1.54, 1.807) is 0 Å². The molecule has 1 aliphatic heterocycles. The number of hydrogen-bond donors (Lipinski definition) is 0. The third-order valence-corrected chi connectivity index (χ3v) is 16.8. The molecule has 0 N–H and O–H groups in total. The van der Waals surface area contributed by atoms with Gasteiger partial charge in [-0.05, 0) is 58.3 Å². The first-order valence-corrected chi connectivity index (χ1v) is 17.7. The van der Waals surface area contributed by atoms with Gasteiger partial charge in [0, 0.05) is 12.0 Å². The summed E-state index contributed by atoms with van der Waals surface area (Å²) in [5.74, 6) is 0. The number of aromatic nitrogens is 1. The minimum absolute atomic E-state index is 0.0135. The number of ether oxygens (including phenoxy) is 1. The molecule has 0 amide bonds. The molecule has 8 heteroatoms. The van der Waals surface area contributed by atoms with Gasteiger partial charge in [0.2, 0.25) is 0 Å². The fourth-order valence-corrected chi connectivity index (χ4v) is 5.97. The lowest BCUT2D eigenvalue weighted by molar-refractivity contribution is -0.0165. The molecule has 0 spiro atoms. The molecular weight excluding hydrogens is 498 g/mol. The first-order chi connectivity index (χ1) is 13.4. The second kappa shape index (κ2) is 9.23. The second-order valence-electron chi connectivity index (χ2n) is 11.4. The minimum atomic E-state index is -1.96. The first kappa shape index (κ1) is 26.5. The molecule has 0 bridgehead atoms. The molecule has 1 aromatic rings. The van der Waals surface area contributed by atoms with Crippen molar-refractivity contribution in [2.24, 2.45) is 0 Å². The van der Waals surface area contributed by atoms with E-state index in [0.29, 0.717) is 11.8 Å². The molecule has 1 saturated heterocycles. The molecule has 1 aromatic heterocycles. The van der Waals surface area contributed by atoms with Crippen LogP contribution < -0.4 is 0 Å². The monoisotopic (exact) mass is 535 g/mol. The Hall–Kier alpha value is 0.234. The summed E-state index contributed by atoms with van der Waals surface area (Å²) >= 11 is 9.83. The fourth-order valence-electron chi connectivity index (χ4n) is 2.91. The van der Waals surface area contributed by atoms with Crippen LogP contribution in [0.1, 0.15) is 59.6 Å². The van der Waals surface area contributed by atoms with Gasteiger partial charge in [-0.15, -0.1) is 0 Å². The minimum Gasteiger partial charge on any atom is -0.414 e. The Morgan fingerprint density at radius 2 is 1.63 bits per heavy atom. The highest BCUT2D eigenvalue weighted by Gasteiger charge is 2.46. The van der Waals surface area contributed by atoms with Gasteiger partial charge in [-0.2, -0.15) is 0 Å². The molecule has 0 radical (unpaired) electrons. The zero-order valence-corrected chi connectivity index (χ0v) is 24.6. The first-order valence-electron chi connectivity index (χ1n) is 10.7. The molecule has 172 valence electrons. The van der Waals surface area contributed by atoms with Crippen LogP contribution in [-0.4, -0.2) is 40.4 Å². The van der Waals surface area contributed by atoms with E-state index in [9.17, 15) is 0 Å². The summed E-state index contributed by atoms with van der Waals surface area (Å²) in [5, 5.41) is 0.762. The maximum Gasteiger partial charge on any atom is 0.192 e. The van der Waals surface area contributed by atoms with Crippen molar-refractivity contribution in [2.75, 3.05) is 6.61 Å². The van der Waals surface area contributed by atoms with Crippen LogP contribution in [0, 0.1) is 0 Å². The van der Waals surface area contributed by atoms with Crippen LogP contribution in [0.2, 0.25) is 41.4 Å². The van der Waals surface area contributed by atoms with Gasteiger partial charge in [0.15, 0.2) is 16.6 Å². The van der Waals surface area contributed by atoms with Gasteiger partial charge in [-0.3, -0.25) is 0 Å². The summed E-state index contributed by atoms with van der Waals surface area (Å²) in [4.78, 5) is 4.35. The van der Waals surface area contributed by atoms with Gasteiger partial charge in [-0.25, -0.2) is 4.98 Å². The third kappa shape index (κ3) is 6.17. The highest BCUT2D eigenvalue weighted by atomic mass is 79.9. The molecule has 2 rings (SSSR count). The third-order valence-electron chi connectivity index (χ3n) is 7.06. The standard InChI is InChI=1S/C22H39BrClNO3Si2/c1-21(2,3)29(7,8)26-14-18-17(28-30(9,10)22(4,5)6)13-16(27-18)15-11-12-19(23)25-20(15)24/h11-12,16-18H,13-14H2,1-10H3/t16-,17+,18-/m1/s1. The number of rotatable bonds is 6. The molecule has 4 nitrogen and oxygen atoms in total. The van der Waals surface area contributed by atoms with E-state index in [0.717, 1.165) is 16.6 Å². The highest BCUT2D eigenvalue weighted by Crippen LogP contribution is 2.44. The summed E-state index contributed by atoms with van der Waals surface area (Å²) in [7, 11) is -3.84. The number of pyridine rings is 1. The molecule has 0 aromatic carbocycles. The summed E-state index contributed by atoms with van der Waals surface area (Å²) in [6, 6.07) is 3.90. The van der Waals surface area contributed by atoms with Crippen LogP contribution in [0.15, 0.2) is 16.7 Å². The molecule has 1 aliphatic rings. The average Bonchev–Trinajstić information content (AvgIpc) is 2.92. The van der Waals surface area contributed by atoms with E-state index in [-0.39, 0.29) is 28.4 Å². The normalized spacial score (nSPS) is 23.8. The van der Waals surface area contributed by atoms with Crippen LogP contribution in [0.5, 0.6) is 0 Å². The smallest absolute Gasteiger partial charge is 0.192 e. The van der Waals surface area contributed by atoms with Crippen molar-refractivity contribution < 1.29 is 13.6 Å². The van der Waals surface area contributed by atoms with Gasteiger partial charge >= 0.3 is 0 Å². The molecule has 0 aliphatic carbocycles. The van der Waals surface area contributed by atoms with E-state index < -0.39 is 16.6 Å². The zero-order chi connectivity index (χ0) is 23.1. The Morgan fingerprint density at radius 1 is 1.07 bits per heavy atom.